The molecule has 0 atom stereocenters. The van der Waals surface area contributed by atoms with E-state index in [1.54, 1.807) is 49.5 Å². The minimum absolute atomic E-state index is 0.308. The fourth-order valence-electron chi connectivity index (χ4n) is 2.62. The van der Waals surface area contributed by atoms with Crippen LogP contribution in [0.15, 0.2) is 73.6 Å². The van der Waals surface area contributed by atoms with Gasteiger partial charge >= 0.3 is 5.97 Å². The SMILES string of the molecule is C=C(/C=C\C=C/N)c1nc2cc(C(=O)OCC)ccc2nc1-c1ccccn1. The number of esters is 1. The van der Waals surface area contributed by atoms with Crippen LogP contribution in [0.5, 0.6) is 0 Å². The van der Waals surface area contributed by atoms with Gasteiger partial charge in [-0.1, -0.05) is 24.8 Å². The number of nitrogens with two attached hydrogens (primary N) is 1. The summed E-state index contributed by atoms with van der Waals surface area (Å²) in [4.78, 5) is 25.9. The fraction of sp³-hybridized carbons (Fsp3) is 0.0909. The number of ether oxygens (including phenoxy) is 1. The molecule has 2 N–H and O–H groups in total. The third-order valence-electron chi connectivity index (χ3n) is 3.91. The third kappa shape index (κ3) is 4.12. The number of allylic oxidation sites excluding steroid dienone is 4. The average Bonchev–Trinajstić information content (AvgIpc) is 2.73. The van der Waals surface area contributed by atoms with Crippen molar-refractivity contribution >= 4 is 22.6 Å². The molecule has 0 bridgehead atoms. The van der Waals surface area contributed by atoms with Gasteiger partial charge < -0.3 is 10.5 Å². The van der Waals surface area contributed by atoms with E-state index in [0.717, 1.165) is 0 Å². The molecule has 0 radical (unpaired) electrons. The van der Waals surface area contributed by atoms with Gasteiger partial charge in [-0.2, -0.15) is 0 Å². The quantitative estimate of drug-likeness (QED) is 0.521. The molecule has 2 aromatic heterocycles. The Hall–Kier alpha value is -3.80. The molecule has 0 amide bonds. The molecule has 6 heteroatoms. The van der Waals surface area contributed by atoms with Crippen molar-refractivity contribution in [2.24, 2.45) is 5.73 Å². The van der Waals surface area contributed by atoms with Gasteiger partial charge in [0.2, 0.25) is 0 Å². The Kier molecular flexibility index (Phi) is 5.91. The molecule has 0 aliphatic heterocycles. The number of aromatic nitrogens is 3. The maximum Gasteiger partial charge on any atom is 0.338 e. The Morgan fingerprint density at radius 3 is 2.75 bits per heavy atom. The van der Waals surface area contributed by atoms with Crippen LogP contribution in [0, 0.1) is 0 Å². The minimum atomic E-state index is -0.395. The number of carbonyl (C=O) groups is 1. The van der Waals surface area contributed by atoms with Gasteiger partial charge in [-0.3, -0.25) is 4.98 Å². The second-order valence-electron chi connectivity index (χ2n) is 5.83. The largest absolute Gasteiger partial charge is 0.462 e. The molecule has 0 unspecified atom stereocenters. The van der Waals surface area contributed by atoms with Crippen molar-refractivity contribution in [1.82, 2.24) is 15.0 Å². The Balaban J connectivity index is 2.17. The molecule has 0 spiro atoms. The molecule has 0 fully saturated rings. The Bertz CT molecular complexity index is 1070. The van der Waals surface area contributed by atoms with Crippen molar-refractivity contribution in [1.29, 1.82) is 0 Å². The predicted octanol–water partition coefficient (Wildman–Crippen LogP) is 3.91. The number of pyridine rings is 1. The first kappa shape index (κ1) is 19.0. The summed E-state index contributed by atoms with van der Waals surface area (Å²) < 4.78 is 5.07. The normalized spacial score (nSPS) is 11.3. The van der Waals surface area contributed by atoms with Gasteiger partial charge in [0.1, 0.15) is 5.69 Å². The highest BCUT2D eigenvalue weighted by atomic mass is 16.5. The predicted molar refractivity (Wildman–Crippen MR) is 110 cm³/mol. The Morgan fingerprint density at radius 1 is 1.18 bits per heavy atom. The lowest BCUT2D eigenvalue weighted by Crippen LogP contribution is -2.05. The number of carbonyl (C=O) groups excluding carboxylic acids is 1. The molecule has 1 aromatic carbocycles. The van der Waals surface area contributed by atoms with Gasteiger partial charge in [-0.25, -0.2) is 14.8 Å². The van der Waals surface area contributed by atoms with E-state index in [4.69, 9.17) is 20.4 Å². The van der Waals surface area contributed by atoms with Gasteiger partial charge in [-0.05, 0) is 55.1 Å². The van der Waals surface area contributed by atoms with Crippen molar-refractivity contribution in [2.75, 3.05) is 6.61 Å². The molecule has 0 saturated carbocycles. The third-order valence-corrected chi connectivity index (χ3v) is 3.91. The molecule has 6 nitrogen and oxygen atoms in total. The highest BCUT2D eigenvalue weighted by molar-refractivity contribution is 5.94. The van der Waals surface area contributed by atoms with E-state index < -0.39 is 5.97 Å². The summed E-state index contributed by atoms with van der Waals surface area (Å²) in [5.74, 6) is -0.395. The molecule has 3 rings (SSSR count). The summed E-state index contributed by atoms with van der Waals surface area (Å²) in [6.45, 7) is 6.17. The lowest BCUT2D eigenvalue weighted by molar-refractivity contribution is 0.0526. The van der Waals surface area contributed by atoms with Crippen LogP contribution in [0.1, 0.15) is 23.0 Å². The number of nitrogens with zero attached hydrogens (tertiary/aromatic N) is 3. The molecular weight excluding hydrogens is 352 g/mol. The molecule has 0 saturated heterocycles. The number of hydrogen-bond donors (Lipinski definition) is 1. The smallest absolute Gasteiger partial charge is 0.338 e. The zero-order chi connectivity index (χ0) is 19.9. The van der Waals surface area contributed by atoms with Crippen LogP contribution >= 0.6 is 0 Å². The van der Waals surface area contributed by atoms with Crippen LogP contribution in [-0.4, -0.2) is 27.5 Å². The molecular formula is C22H20N4O2. The van der Waals surface area contributed by atoms with Crippen LogP contribution in [0.4, 0.5) is 0 Å². The molecule has 28 heavy (non-hydrogen) atoms. The molecule has 140 valence electrons. The number of hydrogen-bond acceptors (Lipinski definition) is 6. The summed E-state index contributed by atoms with van der Waals surface area (Å²) >= 11 is 0. The van der Waals surface area contributed by atoms with Crippen molar-refractivity contribution in [3.8, 4) is 11.4 Å². The summed E-state index contributed by atoms with van der Waals surface area (Å²) in [7, 11) is 0. The van der Waals surface area contributed by atoms with Crippen LogP contribution in [0.3, 0.4) is 0 Å². The van der Waals surface area contributed by atoms with E-state index in [1.807, 2.05) is 18.2 Å². The second kappa shape index (κ2) is 8.73. The van der Waals surface area contributed by atoms with E-state index in [2.05, 4.69) is 11.6 Å². The summed E-state index contributed by atoms with van der Waals surface area (Å²) in [6, 6.07) is 10.7. The number of rotatable bonds is 6. The van der Waals surface area contributed by atoms with Gasteiger partial charge in [0.05, 0.1) is 34.6 Å². The fourth-order valence-corrected chi connectivity index (χ4v) is 2.62. The summed E-state index contributed by atoms with van der Waals surface area (Å²) in [5, 5.41) is 0. The van der Waals surface area contributed by atoms with Crippen molar-refractivity contribution in [2.45, 2.75) is 6.92 Å². The standard InChI is InChI=1S/C22H20N4O2/c1-3-28-22(27)16-10-11-17-19(14-16)26-20(15(2)8-4-6-12-23)21(25-17)18-9-5-7-13-24-18/h4-14H,2-3,23H2,1H3/b8-4-,12-6-. The summed E-state index contributed by atoms with van der Waals surface area (Å²) in [5.41, 5.74) is 9.55. The lowest BCUT2D eigenvalue weighted by Gasteiger charge is -2.10. The van der Waals surface area contributed by atoms with Gasteiger partial charge in [0.25, 0.3) is 0 Å². The minimum Gasteiger partial charge on any atom is -0.462 e. The van der Waals surface area contributed by atoms with Crippen LogP contribution in [-0.2, 0) is 4.74 Å². The monoisotopic (exact) mass is 372 g/mol. The van der Waals surface area contributed by atoms with Crippen molar-refractivity contribution < 1.29 is 9.53 Å². The van der Waals surface area contributed by atoms with Crippen LogP contribution < -0.4 is 5.73 Å². The highest BCUT2D eigenvalue weighted by Gasteiger charge is 2.15. The van der Waals surface area contributed by atoms with E-state index in [9.17, 15) is 4.79 Å². The first-order valence-corrected chi connectivity index (χ1v) is 8.78. The van der Waals surface area contributed by atoms with E-state index >= 15 is 0 Å². The van der Waals surface area contributed by atoms with E-state index in [1.165, 1.54) is 6.20 Å². The first-order valence-electron chi connectivity index (χ1n) is 8.78. The molecule has 2 heterocycles. The number of fused-ring (bicyclic) bond motifs is 1. The van der Waals surface area contributed by atoms with E-state index in [0.29, 0.717) is 45.9 Å². The van der Waals surface area contributed by atoms with Gasteiger partial charge in [-0.15, -0.1) is 0 Å². The zero-order valence-corrected chi connectivity index (χ0v) is 15.5. The van der Waals surface area contributed by atoms with Crippen molar-refractivity contribution in [3.05, 3.63) is 84.9 Å². The molecule has 0 aliphatic carbocycles. The molecule has 3 aromatic rings. The van der Waals surface area contributed by atoms with Crippen LogP contribution in [0.2, 0.25) is 0 Å². The molecule has 0 aliphatic rings. The Labute approximate surface area is 163 Å². The summed E-state index contributed by atoms with van der Waals surface area (Å²) in [6.07, 6.45) is 8.39. The zero-order valence-electron chi connectivity index (χ0n) is 15.5. The first-order chi connectivity index (χ1) is 13.6. The van der Waals surface area contributed by atoms with Gasteiger partial charge in [0, 0.05) is 6.20 Å². The van der Waals surface area contributed by atoms with E-state index in [-0.39, 0.29) is 0 Å². The Morgan fingerprint density at radius 2 is 2.04 bits per heavy atom. The topological polar surface area (TPSA) is 91.0 Å². The highest BCUT2D eigenvalue weighted by Crippen LogP contribution is 2.27. The van der Waals surface area contributed by atoms with Gasteiger partial charge in [0.15, 0.2) is 0 Å². The second-order valence-corrected chi connectivity index (χ2v) is 5.83. The van der Waals surface area contributed by atoms with Crippen molar-refractivity contribution in [3.63, 3.8) is 0 Å². The lowest BCUT2D eigenvalue weighted by atomic mass is 10.1. The maximum atomic E-state index is 12.0. The van der Waals surface area contributed by atoms with Crippen LogP contribution in [0.25, 0.3) is 28.0 Å². The average molecular weight is 372 g/mol. The maximum absolute atomic E-state index is 12.0. The number of benzene rings is 1.